The number of hydrogen-bond acceptors (Lipinski definition) is 15. The maximum absolute atomic E-state index is 14.3. The fraction of sp³-hybridized carbons (Fsp3) is 0.516. The molecule has 3 fully saturated rings. The van der Waals surface area contributed by atoms with Gasteiger partial charge < -0.3 is 39.4 Å². The van der Waals surface area contributed by atoms with Gasteiger partial charge in [-0.05, 0) is 13.3 Å². The number of carbonyl (C=O) groups excluding carboxylic acids is 5. The highest BCUT2D eigenvalue weighted by Gasteiger charge is 2.75. The van der Waals surface area contributed by atoms with Gasteiger partial charge in [-0.15, -0.1) is 0 Å². The number of ketones is 1. The van der Waals surface area contributed by atoms with Gasteiger partial charge in [0.1, 0.15) is 11.5 Å². The van der Waals surface area contributed by atoms with Crippen molar-refractivity contribution in [3.8, 4) is 11.4 Å². The number of anilines is 1. The first-order valence-electron chi connectivity index (χ1n) is 15.7. The summed E-state index contributed by atoms with van der Waals surface area (Å²) in [4.78, 5) is 76.8. The van der Waals surface area contributed by atoms with Gasteiger partial charge in [0, 0.05) is 65.3 Å². The van der Waals surface area contributed by atoms with Crippen LogP contribution in [0.4, 0.5) is 10.6 Å². The minimum Gasteiger partial charge on any atom is -0.450 e. The standard InChI is InChI=1S/C31H39N6O11P/c1-5-45-29(42)37-14-12-32-24(17-37)26(40)31(18-49(31,43)48-30(46-19(2)38)47-20(3)39)35-28(41)23-15-25(36-13-11-22(16-36)44-4)34-27(33-23)21-9-7-6-8-10-21/h6-10,15,22,24,30,32H,5,11-14,16-18H2,1-4H3,(H,35,41)/t22-,24?,31-,49?/m0/s1. The summed E-state index contributed by atoms with van der Waals surface area (Å²) >= 11 is 0. The largest absolute Gasteiger partial charge is 0.450 e. The number of nitrogens with one attached hydrogen (secondary N) is 2. The van der Waals surface area contributed by atoms with Crippen molar-refractivity contribution in [2.75, 3.05) is 57.5 Å². The Hall–Kier alpha value is -4.44. The number of Topliss-reactive ketones (excluding diaryl/α,β-unsaturated/α-hetero) is 1. The molecule has 5 rings (SSSR count). The van der Waals surface area contributed by atoms with Crippen LogP contribution in [-0.2, 0) is 42.4 Å². The smallest absolute Gasteiger partial charge is 0.409 e. The first kappa shape index (κ1) is 35.9. The average Bonchev–Trinajstić information content (AvgIpc) is 3.39. The minimum atomic E-state index is -4.27. The molecule has 0 bridgehead atoms. The molecule has 3 aliphatic rings. The van der Waals surface area contributed by atoms with Crippen LogP contribution in [0.25, 0.3) is 11.4 Å². The maximum atomic E-state index is 14.3. The van der Waals surface area contributed by atoms with E-state index in [-0.39, 0.29) is 43.9 Å². The van der Waals surface area contributed by atoms with Crippen molar-refractivity contribution in [3.63, 3.8) is 0 Å². The molecule has 4 heterocycles. The summed E-state index contributed by atoms with van der Waals surface area (Å²) in [5.41, 5.74) is 0.500. The molecule has 2 aromatic rings. The molecule has 4 atom stereocenters. The van der Waals surface area contributed by atoms with E-state index in [9.17, 15) is 28.5 Å². The number of methoxy groups -OCH3 is 1. The van der Waals surface area contributed by atoms with Crippen molar-refractivity contribution in [1.82, 2.24) is 25.5 Å². The Kier molecular flexibility index (Phi) is 11.0. The second-order valence-corrected chi connectivity index (χ2v) is 14.3. The predicted molar refractivity (Wildman–Crippen MR) is 172 cm³/mol. The zero-order valence-corrected chi connectivity index (χ0v) is 28.5. The number of ether oxygens (including phenoxy) is 4. The number of esters is 2. The van der Waals surface area contributed by atoms with Gasteiger partial charge in [-0.3, -0.25) is 23.7 Å². The normalized spacial score (nSPS) is 24.7. The van der Waals surface area contributed by atoms with Gasteiger partial charge in [0.25, 0.3) is 5.91 Å². The fourth-order valence-corrected chi connectivity index (χ4v) is 8.20. The third-order valence-electron chi connectivity index (χ3n) is 8.22. The Morgan fingerprint density at radius 2 is 1.78 bits per heavy atom. The number of carbonyl (C=O) groups is 5. The van der Waals surface area contributed by atoms with Gasteiger partial charge in [-0.1, -0.05) is 30.3 Å². The Morgan fingerprint density at radius 3 is 2.41 bits per heavy atom. The Labute approximate surface area is 282 Å². The van der Waals surface area contributed by atoms with Crippen LogP contribution in [-0.4, -0.2) is 121 Å². The fourth-order valence-electron chi connectivity index (χ4n) is 5.71. The quantitative estimate of drug-likeness (QED) is 0.183. The molecule has 1 aromatic heterocycles. The van der Waals surface area contributed by atoms with Crippen molar-refractivity contribution >= 4 is 42.9 Å². The lowest BCUT2D eigenvalue weighted by molar-refractivity contribution is -0.231. The van der Waals surface area contributed by atoms with Crippen LogP contribution in [0.15, 0.2) is 36.4 Å². The molecule has 264 valence electrons. The minimum absolute atomic E-state index is 0.0395. The molecule has 2 amide bonds. The van der Waals surface area contributed by atoms with Crippen molar-refractivity contribution in [2.24, 2.45) is 0 Å². The maximum Gasteiger partial charge on any atom is 0.409 e. The molecule has 0 radical (unpaired) electrons. The summed E-state index contributed by atoms with van der Waals surface area (Å²) < 4.78 is 40.2. The molecule has 18 heteroatoms. The number of amides is 2. The van der Waals surface area contributed by atoms with E-state index in [4.69, 9.17) is 28.5 Å². The summed E-state index contributed by atoms with van der Waals surface area (Å²) in [5.74, 6) is -2.78. The Bertz CT molecular complexity index is 1630. The molecule has 3 aliphatic heterocycles. The zero-order chi connectivity index (χ0) is 35.3. The Morgan fingerprint density at radius 1 is 1.06 bits per heavy atom. The van der Waals surface area contributed by atoms with E-state index >= 15 is 0 Å². The van der Waals surface area contributed by atoms with Crippen LogP contribution >= 0.6 is 7.37 Å². The highest BCUT2D eigenvalue weighted by atomic mass is 31.2. The number of aromatic nitrogens is 2. The molecule has 0 aliphatic carbocycles. The zero-order valence-electron chi connectivity index (χ0n) is 27.6. The van der Waals surface area contributed by atoms with Crippen LogP contribution < -0.4 is 15.5 Å². The summed E-state index contributed by atoms with van der Waals surface area (Å²) in [6, 6.07) is 9.35. The van der Waals surface area contributed by atoms with E-state index in [1.165, 1.54) is 11.0 Å². The molecular formula is C31H39N6O11P. The lowest BCUT2D eigenvalue weighted by Gasteiger charge is -2.34. The summed E-state index contributed by atoms with van der Waals surface area (Å²) in [7, 11) is -2.65. The van der Waals surface area contributed by atoms with E-state index in [1.807, 2.05) is 11.0 Å². The second-order valence-electron chi connectivity index (χ2n) is 11.7. The van der Waals surface area contributed by atoms with Crippen molar-refractivity contribution < 1.29 is 52.0 Å². The summed E-state index contributed by atoms with van der Waals surface area (Å²) in [6.45, 7) is 3.16. The average molecular weight is 703 g/mol. The van der Waals surface area contributed by atoms with Crippen LogP contribution in [0, 0.1) is 0 Å². The first-order valence-corrected chi connectivity index (χ1v) is 17.5. The second kappa shape index (κ2) is 15.0. The van der Waals surface area contributed by atoms with Gasteiger partial charge in [-0.25, -0.2) is 19.3 Å². The topological polar surface area (TPSA) is 205 Å². The van der Waals surface area contributed by atoms with Gasteiger partial charge >= 0.3 is 24.5 Å². The molecule has 1 aromatic carbocycles. The predicted octanol–water partition coefficient (Wildman–Crippen LogP) is 1.51. The number of hydrogen-bond donors (Lipinski definition) is 2. The molecule has 2 N–H and O–H groups in total. The van der Waals surface area contributed by atoms with Gasteiger partial charge in [-0.2, -0.15) is 0 Å². The molecule has 0 spiro atoms. The molecule has 2 unspecified atom stereocenters. The highest BCUT2D eigenvalue weighted by molar-refractivity contribution is 7.70. The van der Waals surface area contributed by atoms with Crippen LogP contribution in [0.1, 0.15) is 37.7 Å². The van der Waals surface area contributed by atoms with E-state index in [0.29, 0.717) is 24.5 Å². The number of piperazine rings is 1. The highest BCUT2D eigenvalue weighted by Crippen LogP contribution is 2.76. The summed E-state index contributed by atoms with van der Waals surface area (Å²) in [5, 5.41) is 3.45. The van der Waals surface area contributed by atoms with Crippen molar-refractivity contribution in [3.05, 3.63) is 42.1 Å². The molecule has 0 saturated carbocycles. The van der Waals surface area contributed by atoms with Crippen molar-refractivity contribution in [1.29, 1.82) is 0 Å². The number of benzene rings is 1. The number of nitrogens with zero attached hydrogens (tertiary/aromatic N) is 4. The third kappa shape index (κ3) is 8.07. The SMILES string of the molecule is CCOC(=O)N1CCNC(C(=O)[C@]2(NC(=O)c3cc(N4CC[C@H](OC)C4)nc(-c4ccccc4)n3)CP2(=O)OC(OC(C)=O)OC(C)=O)C1. The van der Waals surface area contributed by atoms with Gasteiger partial charge in [0.15, 0.2) is 16.9 Å². The number of rotatable bonds is 12. The van der Waals surface area contributed by atoms with Crippen molar-refractivity contribution in [2.45, 2.75) is 51.1 Å². The van der Waals surface area contributed by atoms with Crippen LogP contribution in [0.2, 0.25) is 0 Å². The van der Waals surface area contributed by atoms with Crippen LogP contribution in [0.3, 0.4) is 0 Å². The monoisotopic (exact) mass is 702 g/mol. The molecule has 49 heavy (non-hydrogen) atoms. The molecule has 17 nitrogen and oxygen atoms in total. The molecule has 3 saturated heterocycles. The molecular weight excluding hydrogens is 663 g/mol. The summed E-state index contributed by atoms with van der Waals surface area (Å²) in [6.07, 6.45) is -0.460. The van der Waals surface area contributed by atoms with Gasteiger partial charge in [0.05, 0.1) is 24.9 Å². The Balaban J connectivity index is 1.49. The van der Waals surface area contributed by atoms with Crippen LogP contribution in [0.5, 0.6) is 0 Å². The third-order valence-corrected chi connectivity index (χ3v) is 10.9. The lowest BCUT2D eigenvalue weighted by atomic mass is 10.0. The van der Waals surface area contributed by atoms with E-state index < -0.39 is 61.1 Å². The van der Waals surface area contributed by atoms with E-state index in [2.05, 4.69) is 15.6 Å². The van der Waals surface area contributed by atoms with E-state index in [1.54, 1.807) is 38.3 Å². The lowest BCUT2D eigenvalue weighted by Crippen LogP contribution is -2.61. The van der Waals surface area contributed by atoms with E-state index in [0.717, 1.165) is 20.3 Å². The van der Waals surface area contributed by atoms with Gasteiger partial charge in [0.2, 0.25) is 7.37 Å². The first-order chi connectivity index (χ1) is 23.4.